The normalized spacial score (nSPS) is 18.7. The molecule has 1 fully saturated rings. The van der Waals surface area contributed by atoms with Crippen molar-refractivity contribution in [1.29, 1.82) is 0 Å². The lowest BCUT2D eigenvalue weighted by Crippen LogP contribution is -2.39. The number of alkyl halides is 3. The lowest BCUT2D eigenvalue weighted by Gasteiger charge is -2.22. The van der Waals surface area contributed by atoms with Crippen LogP contribution in [0.1, 0.15) is 25.1 Å². The molecule has 10 heteroatoms. The van der Waals surface area contributed by atoms with Crippen molar-refractivity contribution < 1.29 is 23.1 Å². The molecule has 130 valence electrons. The summed E-state index contributed by atoms with van der Waals surface area (Å²) in [6.45, 7) is 1.74. The molecule has 0 bridgehead atoms. The number of aliphatic hydroxyl groups is 1. The van der Waals surface area contributed by atoms with E-state index in [1.165, 1.54) is 15.8 Å². The molecule has 2 rings (SSSR count). The van der Waals surface area contributed by atoms with Crippen LogP contribution >= 0.6 is 0 Å². The summed E-state index contributed by atoms with van der Waals surface area (Å²) in [7, 11) is 0. The molecule has 0 aliphatic carbocycles. The van der Waals surface area contributed by atoms with Crippen molar-refractivity contribution in [2.75, 3.05) is 32.7 Å². The molecule has 1 amide bonds. The highest BCUT2D eigenvalue weighted by molar-refractivity contribution is 5.75. The number of carbonyl (C=O) groups excluding carboxylic acids is 1. The summed E-state index contributed by atoms with van der Waals surface area (Å²) in [5, 5.41) is 16.9. The van der Waals surface area contributed by atoms with Gasteiger partial charge < -0.3 is 10.0 Å². The van der Waals surface area contributed by atoms with Gasteiger partial charge in [-0.1, -0.05) is 5.21 Å². The summed E-state index contributed by atoms with van der Waals surface area (Å²) in [5.41, 5.74) is 0.366. The van der Waals surface area contributed by atoms with Crippen molar-refractivity contribution in [2.45, 2.75) is 32.2 Å². The molecule has 1 aliphatic heterocycles. The van der Waals surface area contributed by atoms with Gasteiger partial charge in [-0.05, 0) is 13.3 Å². The van der Waals surface area contributed by atoms with E-state index in [1.54, 1.807) is 11.8 Å². The van der Waals surface area contributed by atoms with E-state index in [0.29, 0.717) is 25.2 Å². The molecule has 1 aliphatic rings. The Balaban J connectivity index is 1.87. The largest absolute Gasteiger partial charge is 0.401 e. The molecular weight excluding hydrogens is 315 g/mol. The zero-order valence-electron chi connectivity index (χ0n) is 12.8. The maximum absolute atomic E-state index is 12.4. The van der Waals surface area contributed by atoms with Gasteiger partial charge in [0.05, 0.1) is 18.8 Å². The minimum absolute atomic E-state index is 0.0427. The van der Waals surface area contributed by atoms with Crippen LogP contribution in [0, 0.1) is 0 Å². The highest BCUT2D eigenvalue weighted by Gasteiger charge is 2.31. The molecular formula is C13H20F3N5O2. The minimum Gasteiger partial charge on any atom is -0.387 e. The fourth-order valence-corrected chi connectivity index (χ4v) is 2.45. The second-order valence-electron chi connectivity index (χ2n) is 5.64. The number of halogens is 3. The zero-order valence-corrected chi connectivity index (χ0v) is 12.8. The van der Waals surface area contributed by atoms with E-state index in [-0.39, 0.29) is 25.5 Å². The Labute approximate surface area is 131 Å². The average molecular weight is 335 g/mol. The Morgan fingerprint density at radius 1 is 1.35 bits per heavy atom. The molecule has 0 spiro atoms. The van der Waals surface area contributed by atoms with E-state index >= 15 is 0 Å². The van der Waals surface area contributed by atoms with Gasteiger partial charge in [-0.25, -0.2) is 4.68 Å². The van der Waals surface area contributed by atoms with Gasteiger partial charge in [-0.3, -0.25) is 9.69 Å². The number of aliphatic hydroxyl groups excluding tert-OH is 1. The predicted octanol–water partition coefficient (Wildman–Crippen LogP) is 0.428. The first-order valence-corrected chi connectivity index (χ1v) is 7.39. The average Bonchev–Trinajstić information content (AvgIpc) is 2.77. The summed E-state index contributed by atoms with van der Waals surface area (Å²) in [5.74, 6) is -0.221. The summed E-state index contributed by atoms with van der Waals surface area (Å²) >= 11 is 0. The van der Waals surface area contributed by atoms with Gasteiger partial charge in [0.1, 0.15) is 12.2 Å². The number of rotatable bonds is 4. The Morgan fingerprint density at radius 2 is 2.09 bits per heavy atom. The molecule has 1 aromatic heterocycles. The third-order valence-electron chi connectivity index (χ3n) is 3.63. The predicted molar refractivity (Wildman–Crippen MR) is 74.3 cm³/mol. The van der Waals surface area contributed by atoms with Gasteiger partial charge in [0.15, 0.2) is 0 Å². The number of nitrogens with zero attached hydrogens (tertiary/aromatic N) is 5. The monoisotopic (exact) mass is 335 g/mol. The summed E-state index contributed by atoms with van der Waals surface area (Å²) < 4.78 is 38.6. The molecule has 0 aromatic carbocycles. The summed E-state index contributed by atoms with van der Waals surface area (Å²) in [6, 6.07) is 0. The smallest absolute Gasteiger partial charge is 0.387 e. The quantitative estimate of drug-likeness (QED) is 0.864. The maximum atomic E-state index is 12.4. The molecule has 0 radical (unpaired) electrons. The molecule has 1 N–H and O–H groups in total. The Morgan fingerprint density at radius 3 is 2.70 bits per heavy atom. The van der Waals surface area contributed by atoms with Crippen LogP contribution in [0.3, 0.4) is 0 Å². The topological polar surface area (TPSA) is 74.5 Å². The van der Waals surface area contributed by atoms with E-state index < -0.39 is 18.8 Å². The van der Waals surface area contributed by atoms with Crippen LogP contribution in [0.25, 0.3) is 0 Å². The maximum Gasteiger partial charge on any atom is 0.401 e. The minimum atomic E-state index is -4.22. The van der Waals surface area contributed by atoms with Gasteiger partial charge in [-0.15, -0.1) is 5.10 Å². The molecule has 1 aromatic rings. The van der Waals surface area contributed by atoms with E-state index in [4.69, 9.17) is 0 Å². The van der Waals surface area contributed by atoms with Gasteiger partial charge >= 0.3 is 6.18 Å². The summed E-state index contributed by atoms with van der Waals surface area (Å²) in [4.78, 5) is 15.1. The second-order valence-corrected chi connectivity index (χ2v) is 5.64. The van der Waals surface area contributed by atoms with Crippen LogP contribution in [-0.2, 0) is 11.3 Å². The molecule has 7 nitrogen and oxygen atoms in total. The first kappa shape index (κ1) is 17.7. The lowest BCUT2D eigenvalue weighted by atomic mass is 10.3. The van der Waals surface area contributed by atoms with Gasteiger partial charge in [0.2, 0.25) is 5.91 Å². The molecule has 2 heterocycles. The van der Waals surface area contributed by atoms with E-state index in [0.717, 1.165) is 0 Å². The van der Waals surface area contributed by atoms with Crippen LogP contribution in [0.2, 0.25) is 0 Å². The number of aromatic nitrogens is 3. The third kappa shape index (κ3) is 5.47. The Bertz CT molecular complexity index is 532. The summed E-state index contributed by atoms with van der Waals surface area (Å²) in [6.07, 6.45) is -3.01. The Hall–Kier alpha value is -1.68. The molecule has 1 unspecified atom stereocenters. The van der Waals surface area contributed by atoms with Crippen LogP contribution < -0.4 is 0 Å². The van der Waals surface area contributed by atoms with Crippen LogP contribution in [-0.4, -0.2) is 74.7 Å². The van der Waals surface area contributed by atoms with Crippen LogP contribution in [0.4, 0.5) is 13.2 Å². The van der Waals surface area contributed by atoms with Crippen LogP contribution in [0.5, 0.6) is 0 Å². The van der Waals surface area contributed by atoms with Crippen molar-refractivity contribution in [1.82, 2.24) is 24.8 Å². The van der Waals surface area contributed by atoms with E-state index in [2.05, 4.69) is 10.3 Å². The van der Waals surface area contributed by atoms with Crippen molar-refractivity contribution >= 4 is 5.91 Å². The first-order valence-electron chi connectivity index (χ1n) is 7.39. The van der Waals surface area contributed by atoms with Crippen molar-refractivity contribution in [2.24, 2.45) is 0 Å². The zero-order chi connectivity index (χ0) is 17.0. The number of amides is 1. The van der Waals surface area contributed by atoms with Crippen molar-refractivity contribution in [3.63, 3.8) is 0 Å². The standard InChI is InChI=1S/C13H20F3N5O2/c1-10(22)11-7-21(18-17-11)8-12(23)20-4-2-3-19(5-6-20)9-13(14,15)16/h7,10,22H,2-6,8-9H2,1H3. The SMILES string of the molecule is CC(O)c1cn(CC(=O)N2CCCN(CC(F)(F)F)CC2)nn1. The van der Waals surface area contributed by atoms with E-state index in [9.17, 15) is 23.1 Å². The number of hydrogen-bond donors (Lipinski definition) is 1. The fraction of sp³-hybridized carbons (Fsp3) is 0.769. The second kappa shape index (κ2) is 7.26. The van der Waals surface area contributed by atoms with Gasteiger partial charge in [-0.2, -0.15) is 13.2 Å². The fourth-order valence-electron chi connectivity index (χ4n) is 2.45. The number of hydrogen-bond acceptors (Lipinski definition) is 5. The molecule has 0 saturated carbocycles. The van der Waals surface area contributed by atoms with Gasteiger partial charge in [0, 0.05) is 26.2 Å². The Kier molecular flexibility index (Phi) is 5.58. The third-order valence-corrected chi connectivity index (χ3v) is 3.63. The lowest BCUT2D eigenvalue weighted by molar-refractivity contribution is -0.145. The first-order chi connectivity index (χ1) is 10.7. The van der Waals surface area contributed by atoms with E-state index in [1.807, 2.05) is 0 Å². The molecule has 1 saturated heterocycles. The highest BCUT2D eigenvalue weighted by Crippen LogP contribution is 2.17. The van der Waals surface area contributed by atoms with Crippen molar-refractivity contribution in [3.8, 4) is 0 Å². The molecule has 1 atom stereocenters. The number of carbonyl (C=O) groups is 1. The van der Waals surface area contributed by atoms with Gasteiger partial charge in [0.25, 0.3) is 0 Å². The highest BCUT2D eigenvalue weighted by atomic mass is 19.4. The molecule has 23 heavy (non-hydrogen) atoms. The van der Waals surface area contributed by atoms with Crippen LogP contribution in [0.15, 0.2) is 6.20 Å². The van der Waals surface area contributed by atoms with Crippen molar-refractivity contribution in [3.05, 3.63) is 11.9 Å².